The molecule has 6 saturated heterocycles. The average Bonchev–Trinajstić information content (AvgIpc) is 1.52. The van der Waals surface area contributed by atoms with Crippen LogP contribution >= 0.6 is 0 Å². The number of aliphatic hydroxyl groups excluding tert-OH is 15. The van der Waals surface area contributed by atoms with E-state index < -0.39 is 203 Å². The van der Waals surface area contributed by atoms with Gasteiger partial charge in [0.05, 0.1) is 56.9 Å². The molecule has 0 unspecified atom stereocenters. The third-order valence-electron chi connectivity index (χ3n) is 21.4. The van der Waals surface area contributed by atoms with E-state index in [1.165, 1.54) is 6.92 Å². The van der Waals surface area contributed by atoms with Crippen LogP contribution in [0.3, 0.4) is 0 Å². The Morgan fingerprint density at radius 1 is 0.607 bits per heavy atom. The van der Waals surface area contributed by atoms with Gasteiger partial charge in [-0.05, 0) is 75.0 Å². The predicted octanol–water partition coefficient (Wildman–Crippen LogP) is -5.43. The van der Waals surface area contributed by atoms with Gasteiger partial charge in [-0.3, -0.25) is 0 Å². The van der Waals surface area contributed by atoms with Crippen molar-refractivity contribution < 1.29 is 139 Å². The maximum atomic E-state index is 13.2. The molecular formula is C56H92O28. The quantitative estimate of drug-likeness (QED) is 0.0604. The van der Waals surface area contributed by atoms with Crippen molar-refractivity contribution in [2.45, 2.75) is 263 Å². The molecule has 6 heterocycles. The van der Waals surface area contributed by atoms with Crippen molar-refractivity contribution in [1.29, 1.82) is 0 Å². The van der Waals surface area contributed by atoms with Gasteiger partial charge in [0.15, 0.2) is 37.2 Å². The molecule has 10 aliphatic rings. The standard InChI is InChI=1S/C56H92O28/c1-21(18-74-48-43(69)40(66)37(63)32(81-48)20-76-49-42(68)39(65)36(62)30(16-57)79-49)8-13-56(73)22(2)33-29(84-56)15-55(72)27-7-6-24-14-25(9-11-53(24,4)26(27)10-12-54(33,55)5)78-52-47(83-51-44(70)38(64)34(60)23(3)77-51)45(71)46(31(17-58)80-52)82-50-41(67)35(61)28(59)19-75-50/h6,21-23,25-52,57-73H,7-20H2,1-5H3/t21-,22+,23+,25+,26+,27-,28-,29+,30-,31-,32-,33+,34+,35+,36-,37-,38-,39+,40+,41-,42-,43-,44-,45+,46-,47-,48-,49-,50+,51+,52-,53+,54-,55-,56-/m1/s1. The van der Waals surface area contributed by atoms with E-state index in [2.05, 4.69) is 19.9 Å². The molecule has 4 aliphatic carbocycles. The number of hydrogen-bond acceptors (Lipinski definition) is 28. The first-order chi connectivity index (χ1) is 39.6. The summed E-state index contributed by atoms with van der Waals surface area (Å²) < 4.78 is 65.4. The van der Waals surface area contributed by atoms with Crippen LogP contribution in [0.5, 0.6) is 0 Å². The monoisotopic (exact) mass is 1210 g/mol. The smallest absolute Gasteiger partial charge is 0.187 e. The Kier molecular flexibility index (Phi) is 19.8. The van der Waals surface area contributed by atoms with E-state index in [4.69, 9.17) is 52.1 Å². The Hall–Kier alpha value is -1.38. The van der Waals surface area contributed by atoms with Gasteiger partial charge in [-0.2, -0.15) is 0 Å². The molecule has 0 amide bonds. The molecular weight excluding hydrogens is 1120 g/mol. The van der Waals surface area contributed by atoms with Crippen LogP contribution in [-0.4, -0.2) is 291 Å². The zero-order valence-corrected chi connectivity index (χ0v) is 48.0. The van der Waals surface area contributed by atoms with Crippen LogP contribution in [0.1, 0.15) is 92.4 Å². The van der Waals surface area contributed by atoms with Gasteiger partial charge in [-0.15, -0.1) is 0 Å². The summed E-state index contributed by atoms with van der Waals surface area (Å²) in [6, 6.07) is 0. The third-order valence-corrected chi connectivity index (χ3v) is 21.4. The lowest BCUT2D eigenvalue weighted by atomic mass is 9.45. The molecule has 0 aromatic rings. The first-order valence-corrected chi connectivity index (χ1v) is 29.9. The van der Waals surface area contributed by atoms with Crippen molar-refractivity contribution in [1.82, 2.24) is 0 Å². The number of hydrogen-bond donors (Lipinski definition) is 17. The fourth-order valence-corrected chi connectivity index (χ4v) is 16.1. The minimum absolute atomic E-state index is 0.00167. The molecule has 6 aliphatic heterocycles. The van der Waals surface area contributed by atoms with Crippen molar-refractivity contribution in [3.63, 3.8) is 0 Å². The summed E-state index contributed by atoms with van der Waals surface area (Å²) in [5.41, 5.74) is -0.999. The Labute approximate surface area is 486 Å². The van der Waals surface area contributed by atoms with Crippen LogP contribution in [0.4, 0.5) is 0 Å². The van der Waals surface area contributed by atoms with Gasteiger partial charge in [-0.25, -0.2) is 0 Å². The van der Waals surface area contributed by atoms with Crippen LogP contribution < -0.4 is 0 Å². The lowest BCUT2D eigenvalue weighted by Crippen LogP contribution is -2.66. The number of aliphatic hydroxyl groups is 17. The Morgan fingerprint density at radius 3 is 1.90 bits per heavy atom. The SMILES string of the molecule is C[C@H](CC[C@@]1(O)O[C@H]2C[C@@]3(O)[C@@H]4CC=C5C[C@@H](O[C@@H]6O[C@H](CO)[C@@H](O[C@@H]7OC[C@@H](O)[C@H](O)[C@H]7O)[C@H](O)[C@H]6O[C@@H]6O[C@@H](C)[C@H](O)[C@@H](O)[C@H]6O)CC[C@]5(C)[C@H]4CC[C@]3(C)[C@H]2[C@@H]1C)CO[C@@H]1O[C@H](CO[C@@H]2O[C@H](CO)[C@@H](O)[C@H](O)[C@H]2O)[C@@H](O)[C@H](O)[C@H]1O. The van der Waals surface area contributed by atoms with Gasteiger partial charge in [0.25, 0.3) is 0 Å². The lowest BCUT2D eigenvalue weighted by Gasteiger charge is -2.61. The summed E-state index contributed by atoms with van der Waals surface area (Å²) in [4.78, 5) is 0. The van der Waals surface area contributed by atoms with E-state index in [1.807, 2.05) is 13.8 Å². The Balaban J connectivity index is 0.757. The first kappa shape index (κ1) is 65.6. The number of fused-ring (bicyclic) bond motifs is 7. The highest BCUT2D eigenvalue weighted by Gasteiger charge is 2.74. The molecule has 0 aromatic heterocycles. The summed E-state index contributed by atoms with van der Waals surface area (Å²) in [5, 5.41) is 184. The van der Waals surface area contributed by atoms with Crippen molar-refractivity contribution >= 4 is 0 Å². The minimum Gasteiger partial charge on any atom is -0.394 e. The summed E-state index contributed by atoms with van der Waals surface area (Å²) in [7, 11) is 0. The van der Waals surface area contributed by atoms with E-state index >= 15 is 0 Å². The van der Waals surface area contributed by atoms with E-state index in [9.17, 15) is 86.8 Å². The second-order valence-corrected chi connectivity index (χ2v) is 26.4. The summed E-state index contributed by atoms with van der Waals surface area (Å²) >= 11 is 0. The molecule has 0 radical (unpaired) electrons. The topological polar surface area (TPSA) is 445 Å². The molecule has 0 spiro atoms. The summed E-state index contributed by atoms with van der Waals surface area (Å²) in [6.45, 7) is 7.31. The van der Waals surface area contributed by atoms with Crippen LogP contribution in [0.25, 0.3) is 0 Å². The predicted molar refractivity (Wildman–Crippen MR) is 278 cm³/mol. The van der Waals surface area contributed by atoms with Gasteiger partial charge in [0.1, 0.15) is 110 Å². The van der Waals surface area contributed by atoms with E-state index in [1.54, 1.807) is 0 Å². The van der Waals surface area contributed by atoms with Gasteiger partial charge < -0.3 is 139 Å². The number of ether oxygens (including phenoxy) is 11. The fraction of sp³-hybridized carbons (Fsp3) is 0.964. The lowest BCUT2D eigenvalue weighted by molar-refractivity contribution is -0.385. The molecule has 0 bridgehead atoms. The van der Waals surface area contributed by atoms with E-state index in [0.29, 0.717) is 44.9 Å². The van der Waals surface area contributed by atoms with Crippen molar-refractivity contribution in [3.05, 3.63) is 11.6 Å². The van der Waals surface area contributed by atoms with Gasteiger partial charge in [0, 0.05) is 30.1 Å². The molecule has 84 heavy (non-hydrogen) atoms. The second kappa shape index (κ2) is 25.4. The van der Waals surface area contributed by atoms with Crippen molar-refractivity contribution in [3.8, 4) is 0 Å². The number of rotatable bonds is 17. The number of allylic oxidation sites excluding steroid dienone is 1. The summed E-state index contributed by atoms with van der Waals surface area (Å²) in [6.07, 6.45) is -31.4. The highest BCUT2D eigenvalue weighted by Crippen LogP contribution is 2.72. The van der Waals surface area contributed by atoms with E-state index in [0.717, 1.165) is 12.0 Å². The van der Waals surface area contributed by atoms with Crippen LogP contribution in [0.2, 0.25) is 0 Å². The Morgan fingerprint density at radius 2 is 1.21 bits per heavy atom. The van der Waals surface area contributed by atoms with Crippen LogP contribution in [0.15, 0.2) is 11.6 Å². The molecule has 28 heteroatoms. The highest BCUT2D eigenvalue weighted by molar-refractivity contribution is 5.29. The van der Waals surface area contributed by atoms with Crippen molar-refractivity contribution in [2.24, 2.45) is 40.4 Å². The molecule has 0 aromatic carbocycles. The normalized spacial score (nSPS) is 55.3. The van der Waals surface area contributed by atoms with E-state index in [-0.39, 0.29) is 48.0 Å². The Bertz CT molecular complexity index is 2240. The van der Waals surface area contributed by atoms with Gasteiger partial charge >= 0.3 is 0 Å². The zero-order valence-electron chi connectivity index (χ0n) is 48.0. The first-order valence-electron chi connectivity index (χ1n) is 29.9. The second-order valence-electron chi connectivity index (χ2n) is 26.4. The average molecular weight is 1210 g/mol. The summed E-state index contributed by atoms with van der Waals surface area (Å²) in [5.74, 6) is -2.42. The molecule has 484 valence electrons. The fourth-order valence-electron chi connectivity index (χ4n) is 16.1. The van der Waals surface area contributed by atoms with Crippen LogP contribution in [-0.2, 0) is 52.1 Å². The molecule has 3 saturated carbocycles. The molecule has 17 N–H and O–H groups in total. The largest absolute Gasteiger partial charge is 0.394 e. The molecule has 9 fully saturated rings. The van der Waals surface area contributed by atoms with Gasteiger partial charge in [0.2, 0.25) is 0 Å². The molecule has 10 rings (SSSR count). The maximum Gasteiger partial charge on any atom is 0.187 e. The zero-order chi connectivity index (χ0) is 60.9. The minimum atomic E-state index is -1.79. The maximum absolute atomic E-state index is 13.2. The molecule has 35 atom stereocenters. The third kappa shape index (κ3) is 11.6. The van der Waals surface area contributed by atoms with Crippen LogP contribution in [0, 0.1) is 40.4 Å². The van der Waals surface area contributed by atoms with Gasteiger partial charge in [-0.1, -0.05) is 39.3 Å². The highest BCUT2D eigenvalue weighted by atomic mass is 16.8. The van der Waals surface area contributed by atoms with Crippen molar-refractivity contribution in [2.75, 3.05) is 33.0 Å². The molecule has 28 nitrogen and oxygen atoms in total.